The molecule has 0 aliphatic carbocycles. The van der Waals surface area contributed by atoms with E-state index < -0.39 is 4.92 Å². The Balaban J connectivity index is 2.92. The van der Waals surface area contributed by atoms with E-state index in [-0.39, 0.29) is 5.69 Å². The molecular formula is C11H18N4O3. The quantitative estimate of drug-likeness (QED) is 0.451. The summed E-state index contributed by atoms with van der Waals surface area (Å²) in [5, 5.41) is 13.8. The molecule has 18 heavy (non-hydrogen) atoms. The van der Waals surface area contributed by atoms with Crippen LogP contribution in [0.5, 0.6) is 0 Å². The highest BCUT2D eigenvalue weighted by Gasteiger charge is 2.19. The molecule has 100 valence electrons. The van der Waals surface area contributed by atoms with Crippen molar-refractivity contribution in [1.82, 2.24) is 4.98 Å². The lowest BCUT2D eigenvalue weighted by molar-refractivity contribution is -0.384. The molecule has 7 heteroatoms. The van der Waals surface area contributed by atoms with Crippen LogP contribution >= 0.6 is 0 Å². The molecule has 0 aromatic carbocycles. The Hall–Kier alpha value is -1.89. The van der Waals surface area contributed by atoms with Crippen LogP contribution in [0.1, 0.15) is 6.42 Å². The molecule has 0 aliphatic heterocycles. The zero-order valence-electron chi connectivity index (χ0n) is 10.8. The van der Waals surface area contributed by atoms with Gasteiger partial charge in [-0.15, -0.1) is 0 Å². The molecule has 7 nitrogen and oxygen atoms in total. The van der Waals surface area contributed by atoms with Crippen molar-refractivity contribution < 1.29 is 9.66 Å². The van der Waals surface area contributed by atoms with Gasteiger partial charge >= 0.3 is 5.69 Å². The second kappa shape index (κ2) is 6.75. The first kappa shape index (κ1) is 14.2. The molecule has 0 saturated carbocycles. The number of methoxy groups -OCH3 is 1. The van der Waals surface area contributed by atoms with Gasteiger partial charge < -0.3 is 15.0 Å². The Kier molecular flexibility index (Phi) is 5.31. The number of pyridine rings is 1. The first-order valence-electron chi connectivity index (χ1n) is 5.63. The van der Waals surface area contributed by atoms with Crippen molar-refractivity contribution in [3.05, 3.63) is 22.2 Å². The fourth-order valence-electron chi connectivity index (χ4n) is 1.56. The van der Waals surface area contributed by atoms with Gasteiger partial charge in [-0.3, -0.25) is 10.1 Å². The molecule has 0 saturated heterocycles. The molecule has 0 radical (unpaired) electrons. The van der Waals surface area contributed by atoms with E-state index in [0.717, 1.165) is 6.42 Å². The van der Waals surface area contributed by atoms with E-state index in [1.54, 1.807) is 32.2 Å². The molecule has 0 bridgehead atoms. The van der Waals surface area contributed by atoms with Gasteiger partial charge in [0, 0.05) is 40.4 Å². The lowest BCUT2D eigenvalue weighted by Crippen LogP contribution is -2.22. The van der Waals surface area contributed by atoms with Gasteiger partial charge in [0.05, 0.1) is 4.92 Å². The Morgan fingerprint density at radius 2 is 2.28 bits per heavy atom. The molecule has 1 aromatic rings. The number of nitrogens with zero attached hydrogens (tertiary/aromatic N) is 3. The maximum absolute atomic E-state index is 10.9. The average molecular weight is 254 g/mol. The summed E-state index contributed by atoms with van der Waals surface area (Å²) in [6.07, 6.45) is 0.787. The molecule has 0 fully saturated rings. The number of nitrogens with one attached hydrogen (secondary N) is 1. The van der Waals surface area contributed by atoms with Crippen LogP contribution in [0.25, 0.3) is 0 Å². The fraction of sp³-hybridized carbons (Fsp3) is 0.545. The smallest absolute Gasteiger partial charge is 0.311 e. The maximum atomic E-state index is 10.9. The van der Waals surface area contributed by atoms with E-state index in [2.05, 4.69) is 10.3 Å². The van der Waals surface area contributed by atoms with Crippen LogP contribution in [0.4, 0.5) is 17.3 Å². The number of rotatable bonds is 7. The Labute approximate surface area is 106 Å². The minimum atomic E-state index is -0.422. The monoisotopic (exact) mass is 254 g/mol. The lowest BCUT2D eigenvalue weighted by Gasteiger charge is -2.18. The first-order chi connectivity index (χ1) is 8.60. The van der Waals surface area contributed by atoms with Crippen LogP contribution in [-0.4, -0.2) is 44.3 Å². The van der Waals surface area contributed by atoms with Gasteiger partial charge in [0.1, 0.15) is 5.82 Å². The van der Waals surface area contributed by atoms with Crippen molar-refractivity contribution in [2.75, 3.05) is 44.6 Å². The topological polar surface area (TPSA) is 80.5 Å². The predicted octanol–water partition coefficient (Wildman–Crippen LogP) is 1.50. The number of hydrogen-bond acceptors (Lipinski definition) is 6. The Morgan fingerprint density at radius 3 is 2.83 bits per heavy atom. The average Bonchev–Trinajstić information content (AvgIpc) is 2.38. The highest BCUT2D eigenvalue weighted by atomic mass is 16.6. The molecule has 1 aromatic heterocycles. The summed E-state index contributed by atoms with van der Waals surface area (Å²) in [5.41, 5.74) is 0.00826. The van der Waals surface area contributed by atoms with Crippen LogP contribution in [-0.2, 0) is 4.74 Å². The normalized spacial score (nSPS) is 10.2. The zero-order valence-corrected chi connectivity index (χ0v) is 10.8. The molecule has 1 rings (SSSR count). The molecule has 0 spiro atoms. The van der Waals surface area contributed by atoms with E-state index in [0.29, 0.717) is 24.8 Å². The summed E-state index contributed by atoms with van der Waals surface area (Å²) in [6, 6.07) is 3.05. The summed E-state index contributed by atoms with van der Waals surface area (Å²) >= 11 is 0. The van der Waals surface area contributed by atoms with Crippen molar-refractivity contribution in [3.8, 4) is 0 Å². The van der Waals surface area contributed by atoms with Gasteiger partial charge in [-0.25, -0.2) is 4.98 Å². The Bertz CT molecular complexity index is 411. The van der Waals surface area contributed by atoms with Crippen LogP contribution < -0.4 is 10.2 Å². The zero-order chi connectivity index (χ0) is 13.5. The number of anilines is 2. The van der Waals surface area contributed by atoms with Gasteiger partial charge in [-0.05, 0) is 12.5 Å². The standard InChI is InChI=1S/C11H18N4O3/c1-12-10-6-5-9(15(16)17)11(13-10)14(2)7-4-8-18-3/h5-6H,4,7-8H2,1-3H3,(H,12,13). The number of aromatic nitrogens is 1. The van der Waals surface area contributed by atoms with Crippen LogP contribution in [0, 0.1) is 10.1 Å². The summed E-state index contributed by atoms with van der Waals surface area (Å²) in [6.45, 7) is 1.26. The fourth-order valence-corrected chi connectivity index (χ4v) is 1.56. The van der Waals surface area contributed by atoms with Crippen molar-refractivity contribution in [3.63, 3.8) is 0 Å². The van der Waals surface area contributed by atoms with Gasteiger partial charge in [-0.1, -0.05) is 0 Å². The van der Waals surface area contributed by atoms with Crippen LogP contribution in [0.15, 0.2) is 12.1 Å². The molecule has 0 unspecified atom stereocenters. The van der Waals surface area contributed by atoms with E-state index in [1.165, 1.54) is 6.07 Å². The van der Waals surface area contributed by atoms with Crippen molar-refractivity contribution in [1.29, 1.82) is 0 Å². The minimum Gasteiger partial charge on any atom is -0.385 e. The molecule has 1 N–H and O–H groups in total. The maximum Gasteiger partial charge on any atom is 0.311 e. The number of ether oxygens (including phenoxy) is 1. The Morgan fingerprint density at radius 1 is 1.56 bits per heavy atom. The number of hydrogen-bond donors (Lipinski definition) is 1. The molecule has 0 amide bonds. The third-order valence-electron chi connectivity index (χ3n) is 2.51. The SMILES string of the molecule is CNc1ccc([N+](=O)[O-])c(N(C)CCCOC)n1. The third kappa shape index (κ3) is 3.56. The van der Waals surface area contributed by atoms with E-state index in [4.69, 9.17) is 4.74 Å². The molecular weight excluding hydrogens is 236 g/mol. The molecule has 1 heterocycles. The third-order valence-corrected chi connectivity index (χ3v) is 2.51. The van der Waals surface area contributed by atoms with Gasteiger partial charge in [-0.2, -0.15) is 0 Å². The summed E-state index contributed by atoms with van der Waals surface area (Å²) < 4.78 is 4.96. The van der Waals surface area contributed by atoms with Crippen LogP contribution in [0.3, 0.4) is 0 Å². The highest BCUT2D eigenvalue weighted by molar-refractivity contribution is 5.61. The second-order valence-electron chi connectivity index (χ2n) is 3.81. The van der Waals surface area contributed by atoms with Crippen LogP contribution in [0.2, 0.25) is 0 Å². The number of nitro groups is 1. The largest absolute Gasteiger partial charge is 0.385 e. The van der Waals surface area contributed by atoms with Crippen molar-refractivity contribution in [2.24, 2.45) is 0 Å². The van der Waals surface area contributed by atoms with E-state index >= 15 is 0 Å². The summed E-state index contributed by atoms with van der Waals surface area (Å²) in [7, 11) is 5.13. The first-order valence-corrected chi connectivity index (χ1v) is 5.63. The van der Waals surface area contributed by atoms with Gasteiger partial charge in [0.15, 0.2) is 0 Å². The lowest BCUT2D eigenvalue weighted by atomic mass is 10.3. The highest BCUT2D eigenvalue weighted by Crippen LogP contribution is 2.26. The van der Waals surface area contributed by atoms with Crippen molar-refractivity contribution in [2.45, 2.75) is 6.42 Å². The predicted molar refractivity (Wildman–Crippen MR) is 70.2 cm³/mol. The van der Waals surface area contributed by atoms with Crippen molar-refractivity contribution >= 4 is 17.3 Å². The van der Waals surface area contributed by atoms with E-state index in [1.807, 2.05) is 0 Å². The van der Waals surface area contributed by atoms with Gasteiger partial charge in [0.25, 0.3) is 0 Å². The molecule has 0 aliphatic rings. The van der Waals surface area contributed by atoms with Gasteiger partial charge in [0.2, 0.25) is 5.82 Å². The summed E-state index contributed by atoms with van der Waals surface area (Å²) in [4.78, 5) is 16.5. The summed E-state index contributed by atoms with van der Waals surface area (Å²) in [5.74, 6) is 0.970. The minimum absolute atomic E-state index is 0.00826. The molecule has 0 atom stereocenters. The second-order valence-corrected chi connectivity index (χ2v) is 3.81. The van der Waals surface area contributed by atoms with E-state index in [9.17, 15) is 10.1 Å².